The minimum atomic E-state index is -4.16. The molecule has 1 atom stereocenters. The van der Waals surface area contributed by atoms with Crippen LogP contribution in [-0.2, 0) is 31.2 Å². The average Bonchev–Trinajstić information content (AvgIpc) is 3.67. The molecule has 5 aromatic rings. The molecule has 44 heavy (non-hydrogen) atoms. The normalized spacial score (nSPS) is 12.9. The summed E-state index contributed by atoms with van der Waals surface area (Å²) in [6.45, 7) is 0.382. The lowest BCUT2D eigenvalue weighted by molar-refractivity contribution is -0.207. The third-order valence-corrected chi connectivity index (χ3v) is 7.58. The summed E-state index contributed by atoms with van der Waals surface area (Å²) in [7, 11) is 4.04. The highest BCUT2D eigenvalue weighted by molar-refractivity contribution is 7.11. The maximum Gasteiger partial charge on any atom is 0.323 e. The second-order valence-electron chi connectivity index (χ2n) is 10.2. The van der Waals surface area contributed by atoms with E-state index in [1.165, 1.54) is 10.9 Å². The first-order valence-electron chi connectivity index (χ1n) is 13.2. The van der Waals surface area contributed by atoms with Crippen molar-refractivity contribution in [1.29, 1.82) is 0 Å². The number of rotatable bonds is 10. The number of aromatic nitrogens is 5. The van der Waals surface area contributed by atoms with Gasteiger partial charge in [0.1, 0.15) is 36.0 Å². The van der Waals surface area contributed by atoms with Crippen LogP contribution in [0, 0.1) is 23.5 Å². The molecule has 0 aliphatic carbocycles. The Kier molecular flexibility index (Phi) is 9.05. The van der Waals surface area contributed by atoms with Crippen molar-refractivity contribution >= 4 is 11.3 Å². The summed E-state index contributed by atoms with van der Waals surface area (Å²) in [6, 6.07) is 15.5. The molecule has 13 heteroatoms. The molecule has 0 radical (unpaired) electrons. The monoisotopic (exact) mass is 622 g/mol. The fourth-order valence-electron chi connectivity index (χ4n) is 4.36. The third kappa shape index (κ3) is 6.94. The van der Waals surface area contributed by atoms with Gasteiger partial charge in [0, 0.05) is 45.3 Å². The van der Waals surface area contributed by atoms with Crippen LogP contribution in [0.4, 0.5) is 17.6 Å². The van der Waals surface area contributed by atoms with Crippen molar-refractivity contribution in [2.75, 3.05) is 14.1 Å². The summed E-state index contributed by atoms with van der Waals surface area (Å²) in [5.41, 5.74) is -3.93. The Balaban J connectivity index is 1.29. The van der Waals surface area contributed by atoms with Crippen LogP contribution in [0.5, 0.6) is 5.75 Å². The number of hydrogen-bond acceptors (Lipinski definition) is 8. The van der Waals surface area contributed by atoms with E-state index in [2.05, 4.69) is 49.4 Å². The van der Waals surface area contributed by atoms with E-state index in [4.69, 9.17) is 4.74 Å². The molecular weight excluding hydrogens is 596 g/mol. The topological polar surface area (TPSA) is 89.2 Å². The molecule has 1 N–H and O–H groups in total. The fraction of sp³-hybridized carbons (Fsp3) is 0.226. The quantitative estimate of drug-likeness (QED) is 0.171. The predicted octanol–water partition coefficient (Wildman–Crippen LogP) is 5.13. The molecule has 0 fully saturated rings. The molecule has 0 aliphatic heterocycles. The number of aliphatic hydroxyl groups is 1. The molecule has 0 spiro atoms. The number of ether oxygens (including phenoxy) is 1. The van der Waals surface area contributed by atoms with E-state index in [1.807, 2.05) is 14.1 Å². The minimum Gasteiger partial charge on any atom is -0.488 e. The molecule has 1 unspecified atom stereocenters. The minimum absolute atomic E-state index is 0.327. The van der Waals surface area contributed by atoms with Crippen LogP contribution in [0.3, 0.4) is 0 Å². The van der Waals surface area contributed by atoms with Crippen LogP contribution in [0.1, 0.15) is 32.1 Å². The van der Waals surface area contributed by atoms with Crippen molar-refractivity contribution < 1.29 is 27.4 Å². The molecule has 0 saturated heterocycles. The summed E-state index contributed by atoms with van der Waals surface area (Å²) in [4.78, 5) is 8.30. The highest BCUT2D eigenvalue weighted by Crippen LogP contribution is 2.46. The summed E-state index contributed by atoms with van der Waals surface area (Å²) < 4.78 is 66.7. The summed E-state index contributed by atoms with van der Waals surface area (Å²) in [5.74, 6) is -0.0228. The van der Waals surface area contributed by atoms with E-state index < -0.39 is 41.0 Å². The Morgan fingerprint density at radius 1 is 0.955 bits per heavy atom. The van der Waals surface area contributed by atoms with Crippen molar-refractivity contribution in [2.45, 2.75) is 31.2 Å². The van der Waals surface area contributed by atoms with Crippen LogP contribution in [0.25, 0.3) is 0 Å². The highest BCUT2D eigenvalue weighted by Gasteiger charge is 2.58. The molecule has 0 aliphatic rings. The number of benzene rings is 2. The predicted molar refractivity (Wildman–Crippen MR) is 155 cm³/mol. The first-order valence-corrected chi connectivity index (χ1v) is 14.1. The van der Waals surface area contributed by atoms with Gasteiger partial charge in [0.2, 0.25) is 0 Å². The van der Waals surface area contributed by atoms with E-state index in [9.17, 15) is 13.9 Å². The lowest BCUT2D eigenvalue weighted by Crippen LogP contribution is -2.48. The molecule has 2 aromatic carbocycles. The van der Waals surface area contributed by atoms with Crippen LogP contribution >= 0.6 is 11.3 Å². The summed E-state index contributed by atoms with van der Waals surface area (Å²) >= 11 is 1.70. The molecule has 5 rings (SSSR count). The maximum atomic E-state index is 15.9. The van der Waals surface area contributed by atoms with Crippen molar-refractivity contribution in [3.05, 3.63) is 123 Å². The lowest BCUT2D eigenvalue weighted by atomic mass is 9.84. The first kappa shape index (κ1) is 30.8. The van der Waals surface area contributed by atoms with Gasteiger partial charge < -0.3 is 14.7 Å². The zero-order valence-electron chi connectivity index (χ0n) is 23.6. The van der Waals surface area contributed by atoms with Gasteiger partial charge in [-0.1, -0.05) is 11.8 Å². The van der Waals surface area contributed by atoms with E-state index in [-0.39, 0.29) is 0 Å². The van der Waals surface area contributed by atoms with Crippen LogP contribution in [-0.4, -0.2) is 49.3 Å². The number of alkyl halides is 2. The second kappa shape index (κ2) is 12.9. The molecular formula is C31H26F4N6O2S. The SMILES string of the molecule is CN(C)Cc1ccc(COc2ccc(C#Cc3ccc(C(F)(F)C(O)(Cn4cnnn4)c4ccc(F)cc4F)nc3)cc2)s1. The molecule has 226 valence electrons. The van der Waals surface area contributed by atoms with Crippen molar-refractivity contribution in [1.82, 2.24) is 30.1 Å². The standard InChI is InChI=1S/C31H26F4N6O2S/c1-40(2)17-25-11-12-26(44-25)18-43-24-9-5-21(6-10-24)3-4-22-7-14-29(36-16-22)31(34,35)30(42,19-41-20-37-38-39-41)27-13-8-23(32)15-28(27)33/h5-16,20,42H,17-19H2,1-2H3. The van der Waals surface area contributed by atoms with E-state index in [0.717, 1.165) is 46.8 Å². The average molecular weight is 623 g/mol. The smallest absolute Gasteiger partial charge is 0.323 e. The molecule has 0 saturated carbocycles. The Morgan fingerprint density at radius 3 is 2.34 bits per heavy atom. The zero-order chi connectivity index (χ0) is 31.3. The number of pyridine rings is 1. The molecule has 0 bridgehead atoms. The summed E-state index contributed by atoms with van der Waals surface area (Å²) in [5, 5.41) is 21.5. The summed E-state index contributed by atoms with van der Waals surface area (Å²) in [6.07, 6.45) is 2.11. The Labute approximate surface area is 254 Å². The largest absolute Gasteiger partial charge is 0.488 e. The van der Waals surface area contributed by atoms with Crippen molar-refractivity contribution in [3.63, 3.8) is 0 Å². The second-order valence-corrected chi connectivity index (χ2v) is 11.4. The highest BCUT2D eigenvalue weighted by atomic mass is 32.1. The van der Waals surface area contributed by atoms with Gasteiger partial charge in [-0.15, -0.1) is 16.4 Å². The van der Waals surface area contributed by atoms with Gasteiger partial charge in [0.15, 0.2) is 5.60 Å². The van der Waals surface area contributed by atoms with Crippen molar-refractivity contribution in [3.8, 4) is 17.6 Å². The number of thiophene rings is 1. The number of halogens is 4. The van der Waals surface area contributed by atoms with Gasteiger partial charge in [-0.2, -0.15) is 8.78 Å². The van der Waals surface area contributed by atoms with Crippen LogP contribution in [0.15, 0.2) is 79.3 Å². The molecule has 8 nitrogen and oxygen atoms in total. The van der Waals surface area contributed by atoms with Gasteiger partial charge >= 0.3 is 5.92 Å². The Morgan fingerprint density at radius 2 is 1.68 bits per heavy atom. The van der Waals surface area contributed by atoms with Gasteiger partial charge in [0.05, 0.1) is 6.54 Å². The van der Waals surface area contributed by atoms with Gasteiger partial charge in [-0.25, -0.2) is 13.5 Å². The number of hydrogen-bond donors (Lipinski definition) is 1. The van der Waals surface area contributed by atoms with Crippen LogP contribution < -0.4 is 4.74 Å². The molecule has 3 aromatic heterocycles. The lowest BCUT2D eigenvalue weighted by Gasteiger charge is -2.35. The third-order valence-electron chi connectivity index (χ3n) is 6.54. The van der Waals surface area contributed by atoms with Crippen LogP contribution in [0.2, 0.25) is 0 Å². The van der Waals surface area contributed by atoms with E-state index >= 15 is 8.78 Å². The number of nitrogens with zero attached hydrogens (tertiary/aromatic N) is 6. The zero-order valence-corrected chi connectivity index (χ0v) is 24.4. The van der Waals surface area contributed by atoms with Crippen molar-refractivity contribution in [2.24, 2.45) is 0 Å². The molecule has 3 heterocycles. The number of tetrazole rings is 1. The Bertz CT molecular complexity index is 1770. The van der Waals surface area contributed by atoms with Gasteiger partial charge in [-0.05, 0) is 85.2 Å². The molecule has 0 amide bonds. The Hall–Kier alpha value is -4.64. The van der Waals surface area contributed by atoms with E-state index in [1.54, 1.807) is 35.6 Å². The van der Waals surface area contributed by atoms with Gasteiger partial charge in [-0.3, -0.25) is 4.98 Å². The fourth-order valence-corrected chi connectivity index (χ4v) is 5.41. The first-order chi connectivity index (χ1) is 21.0. The van der Waals surface area contributed by atoms with E-state index in [0.29, 0.717) is 29.5 Å². The maximum absolute atomic E-state index is 15.9. The van der Waals surface area contributed by atoms with Gasteiger partial charge in [0.25, 0.3) is 0 Å².